The number of carbonyl (C=O) groups is 2. The molecule has 0 bridgehead atoms. The van der Waals surface area contributed by atoms with E-state index in [0.29, 0.717) is 0 Å². The van der Waals surface area contributed by atoms with E-state index in [1.165, 1.54) is 10.0 Å². The van der Waals surface area contributed by atoms with E-state index in [0.717, 1.165) is 48.2 Å². The summed E-state index contributed by atoms with van der Waals surface area (Å²) in [7, 11) is 0. The summed E-state index contributed by atoms with van der Waals surface area (Å²) in [5.74, 6) is 0. The minimum atomic E-state index is -0.556. The van der Waals surface area contributed by atoms with Gasteiger partial charge in [0.05, 0.1) is 12.2 Å². The van der Waals surface area contributed by atoms with Crippen LogP contribution >= 0.6 is 0 Å². The molecule has 1 heterocycles. The van der Waals surface area contributed by atoms with Crippen LogP contribution in [0.15, 0.2) is 22.5 Å². The van der Waals surface area contributed by atoms with Crippen molar-refractivity contribution in [2.45, 2.75) is 79.4 Å². The van der Waals surface area contributed by atoms with Gasteiger partial charge in [-0.1, -0.05) is 0 Å². The topological polar surface area (TPSA) is 59.1 Å². The number of ether oxygens (including phenoxy) is 2. The van der Waals surface area contributed by atoms with Gasteiger partial charge < -0.3 is 9.47 Å². The van der Waals surface area contributed by atoms with Gasteiger partial charge in [0, 0.05) is 11.4 Å². The fraction of sp³-hybridized carbons (Fsp3) is 0.667. The molecule has 0 atom stereocenters. The van der Waals surface area contributed by atoms with E-state index in [4.69, 9.17) is 9.47 Å². The van der Waals surface area contributed by atoms with Gasteiger partial charge in [-0.3, -0.25) is 0 Å². The number of rotatable bonds is 2. The third-order valence-electron chi connectivity index (χ3n) is 4.20. The number of hydrogen-bond acceptors (Lipinski definition) is 4. The molecule has 24 heavy (non-hydrogen) atoms. The predicted octanol–water partition coefficient (Wildman–Crippen LogP) is 4.73. The van der Waals surface area contributed by atoms with Gasteiger partial charge in [-0.25, -0.2) is 9.59 Å². The summed E-state index contributed by atoms with van der Waals surface area (Å²) >= 11 is 0. The molecule has 0 radical (unpaired) electrons. The first-order chi connectivity index (χ1) is 11.2. The Morgan fingerprint density at radius 1 is 0.792 bits per heavy atom. The second-order valence-corrected chi connectivity index (χ2v) is 6.82. The molecule has 0 aromatic rings. The summed E-state index contributed by atoms with van der Waals surface area (Å²) < 4.78 is 10.7. The summed E-state index contributed by atoms with van der Waals surface area (Å²) in [5, 5.41) is 2.65. The van der Waals surface area contributed by atoms with Crippen LogP contribution in [0.25, 0.3) is 0 Å². The second kappa shape index (κ2) is 7.28. The lowest BCUT2D eigenvalue weighted by Gasteiger charge is -2.41. The lowest BCUT2D eigenvalue weighted by atomic mass is 9.86. The number of fused-ring (bicyclic) bond motifs is 1. The molecule has 0 aromatic carbocycles. The van der Waals surface area contributed by atoms with Gasteiger partial charge in [-0.05, 0) is 78.4 Å². The van der Waals surface area contributed by atoms with E-state index in [2.05, 4.69) is 0 Å². The highest BCUT2D eigenvalue weighted by Crippen LogP contribution is 2.40. The smallest absolute Gasteiger partial charge is 0.434 e. The van der Waals surface area contributed by atoms with Crippen molar-refractivity contribution in [2.75, 3.05) is 0 Å². The molecule has 6 nitrogen and oxygen atoms in total. The van der Waals surface area contributed by atoms with Crippen molar-refractivity contribution in [1.82, 2.24) is 10.0 Å². The average Bonchev–Trinajstić information content (AvgIpc) is 2.48. The van der Waals surface area contributed by atoms with Crippen molar-refractivity contribution >= 4 is 12.2 Å². The molecule has 134 valence electrons. The van der Waals surface area contributed by atoms with Gasteiger partial charge in [0.1, 0.15) is 0 Å². The quantitative estimate of drug-likeness (QED) is 0.731. The summed E-state index contributed by atoms with van der Waals surface area (Å²) in [6, 6.07) is 0. The van der Waals surface area contributed by atoms with Crippen LogP contribution in [-0.4, -0.2) is 34.4 Å². The van der Waals surface area contributed by atoms with Gasteiger partial charge in [0.25, 0.3) is 0 Å². The largest absolute Gasteiger partial charge is 0.445 e. The summed E-state index contributed by atoms with van der Waals surface area (Å²) in [6.45, 7) is 10.9. The molecule has 6 heteroatoms. The Balaban J connectivity index is 2.46. The van der Waals surface area contributed by atoms with Gasteiger partial charge in [0.15, 0.2) is 0 Å². The molecular weight excluding hydrogens is 308 g/mol. The molecule has 1 saturated carbocycles. The minimum absolute atomic E-state index is 0.268. The van der Waals surface area contributed by atoms with Gasteiger partial charge in [-0.2, -0.15) is 10.0 Å². The van der Waals surface area contributed by atoms with Gasteiger partial charge in [-0.15, -0.1) is 0 Å². The zero-order valence-corrected chi connectivity index (χ0v) is 15.5. The van der Waals surface area contributed by atoms with Gasteiger partial charge >= 0.3 is 12.2 Å². The number of amides is 2. The molecular formula is C18H28N2O4. The van der Waals surface area contributed by atoms with E-state index < -0.39 is 12.2 Å². The zero-order valence-electron chi connectivity index (χ0n) is 15.5. The predicted molar refractivity (Wildman–Crippen MR) is 90.8 cm³/mol. The third kappa shape index (κ3) is 3.57. The fourth-order valence-electron chi connectivity index (χ4n) is 3.20. The van der Waals surface area contributed by atoms with E-state index >= 15 is 0 Å². The van der Waals surface area contributed by atoms with Crippen LogP contribution in [0.5, 0.6) is 0 Å². The Labute approximate surface area is 144 Å². The van der Waals surface area contributed by atoms with Crippen molar-refractivity contribution in [3.05, 3.63) is 22.5 Å². The maximum atomic E-state index is 12.6. The molecule has 0 saturated heterocycles. The highest BCUT2D eigenvalue weighted by molar-refractivity contribution is 5.79. The monoisotopic (exact) mass is 336 g/mol. The van der Waals surface area contributed by atoms with E-state index in [1.54, 1.807) is 27.7 Å². The molecule has 0 spiro atoms. The first-order valence-electron chi connectivity index (χ1n) is 8.65. The van der Waals surface area contributed by atoms with Crippen molar-refractivity contribution in [3.8, 4) is 0 Å². The van der Waals surface area contributed by atoms with Crippen molar-refractivity contribution in [2.24, 2.45) is 0 Å². The molecule has 1 aliphatic carbocycles. The number of hydrogen-bond donors (Lipinski definition) is 0. The van der Waals surface area contributed by atoms with Crippen LogP contribution in [0.4, 0.5) is 9.59 Å². The van der Waals surface area contributed by atoms with Crippen LogP contribution in [-0.2, 0) is 9.47 Å². The average molecular weight is 336 g/mol. The number of allylic oxidation sites excluding steroid dienone is 4. The first-order valence-corrected chi connectivity index (χ1v) is 8.65. The Hall–Kier alpha value is -1.98. The van der Waals surface area contributed by atoms with E-state index in [-0.39, 0.29) is 12.2 Å². The number of carbonyl (C=O) groups excluding carboxylic acids is 2. The van der Waals surface area contributed by atoms with E-state index in [9.17, 15) is 9.59 Å². The van der Waals surface area contributed by atoms with Crippen molar-refractivity contribution < 1.29 is 19.1 Å². The lowest BCUT2D eigenvalue weighted by Crippen LogP contribution is -2.51. The SMILES string of the molecule is CC1=C2CCCCC2=C(C)N(C(=O)OC(C)C)N1C(=O)OC(C)C. The van der Waals surface area contributed by atoms with Crippen LogP contribution in [0.3, 0.4) is 0 Å². The molecule has 0 unspecified atom stereocenters. The highest BCUT2D eigenvalue weighted by Gasteiger charge is 2.39. The Morgan fingerprint density at radius 2 is 1.12 bits per heavy atom. The summed E-state index contributed by atoms with van der Waals surface area (Å²) in [4.78, 5) is 25.3. The molecule has 2 amide bonds. The van der Waals surface area contributed by atoms with Crippen LogP contribution in [0, 0.1) is 0 Å². The lowest BCUT2D eigenvalue weighted by molar-refractivity contribution is -0.00563. The van der Waals surface area contributed by atoms with E-state index in [1.807, 2.05) is 13.8 Å². The standard InChI is InChI=1S/C18H28N2O4/c1-11(2)23-17(21)19-13(5)15-9-7-8-10-16(15)14(6)20(19)18(22)24-12(3)4/h11-12H,7-10H2,1-6H3. The first kappa shape index (κ1) is 18.4. The summed E-state index contributed by atoms with van der Waals surface area (Å²) in [5.41, 5.74) is 3.80. The maximum absolute atomic E-state index is 12.6. The number of nitrogens with zero attached hydrogens (tertiary/aromatic N) is 2. The van der Waals surface area contributed by atoms with Crippen molar-refractivity contribution in [1.29, 1.82) is 0 Å². The third-order valence-corrected chi connectivity index (χ3v) is 4.20. The summed E-state index contributed by atoms with van der Waals surface area (Å²) in [6.07, 6.45) is 2.36. The van der Waals surface area contributed by atoms with Crippen molar-refractivity contribution in [3.63, 3.8) is 0 Å². The Kier molecular flexibility index (Phi) is 5.57. The molecule has 1 fully saturated rings. The molecule has 2 rings (SSSR count). The minimum Gasteiger partial charge on any atom is -0.445 e. The molecule has 1 aliphatic heterocycles. The highest BCUT2D eigenvalue weighted by atomic mass is 16.6. The maximum Gasteiger partial charge on any atom is 0.434 e. The van der Waals surface area contributed by atoms with Crippen LogP contribution in [0.2, 0.25) is 0 Å². The second-order valence-electron chi connectivity index (χ2n) is 6.82. The van der Waals surface area contributed by atoms with Gasteiger partial charge in [0.2, 0.25) is 0 Å². The fourth-order valence-corrected chi connectivity index (χ4v) is 3.20. The Bertz CT molecular complexity index is 538. The molecule has 0 N–H and O–H groups in total. The zero-order chi connectivity index (χ0) is 18.0. The number of hydrazine groups is 1. The van der Waals surface area contributed by atoms with Crippen LogP contribution in [0.1, 0.15) is 67.2 Å². The van der Waals surface area contributed by atoms with Crippen LogP contribution < -0.4 is 0 Å². The molecule has 0 aromatic heterocycles. The normalized spacial score (nSPS) is 18.3. The molecule has 2 aliphatic rings. The Morgan fingerprint density at radius 3 is 1.42 bits per heavy atom.